The van der Waals surface area contributed by atoms with Gasteiger partial charge in [-0.05, 0) is 41.2 Å². The number of halogens is 1. The Morgan fingerprint density at radius 2 is 1.54 bits per heavy atom. The average Bonchev–Trinajstić information content (AvgIpc) is 2.70. The van der Waals surface area contributed by atoms with Crippen molar-refractivity contribution in [3.63, 3.8) is 0 Å². The second-order valence-electron chi connectivity index (χ2n) is 7.05. The minimum Gasteiger partial charge on any atom is -0.348 e. The summed E-state index contributed by atoms with van der Waals surface area (Å²) in [7, 11) is 0. The van der Waals surface area contributed by atoms with E-state index in [2.05, 4.69) is 35.0 Å². The largest absolute Gasteiger partial charge is 0.348 e. The summed E-state index contributed by atoms with van der Waals surface area (Å²) in [5.41, 5.74) is 3.06. The average molecular weight is 385 g/mol. The third-order valence-corrected chi connectivity index (χ3v) is 4.51. The van der Waals surface area contributed by atoms with Crippen LogP contribution >= 0.6 is 0 Å². The van der Waals surface area contributed by atoms with Crippen LogP contribution in [0.1, 0.15) is 43.5 Å². The number of rotatable bonds is 8. The zero-order chi connectivity index (χ0) is 20.5. The summed E-state index contributed by atoms with van der Waals surface area (Å²) >= 11 is 0. The molecule has 3 amide bonds. The van der Waals surface area contributed by atoms with Gasteiger partial charge in [0.15, 0.2) is 0 Å². The van der Waals surface area contributed by atoms with Gasteiger partial charge in [-0.2, -0.15) is 0 Å². The number of benzene rings is 2. The zero-order valence-electron chi connectivity index (χ0n) is 16.6. The monoisotopic (exact) mass is 385 g/mol. The van der Waals surface area contributed by atoms with Crippen LogP contribution in [0.25, 0.3) is 0 Å². The van der Waals surface area contributed by atoms with E-state index in [1.807, 2.05) is 26.0 Å². The lowest BCUT2D eigenvalue weighted by Crippen LogP contribution is -2.43. The maximum Gasteiger partial charge on any atom is 0.315 e. The Morgan fingerprint density at radius 3 is 2.11 bits per heavy atom. The molecule has 2 aromatic carbocycles. The first-order valence-electron chi connectivity index (χ1n) is 9.53. The van der Waals surface area contributed by atoms with Crippen molar-refractivity contribution in [2.45, 2.75) is 39.8 Å². The van der Waals surface area contributed by atoms with Crippen molar-refractivity contribution in [3.8, 4) is 0 Å². The highest BCUT2D eigenvalue weighted by Gasteiger charge is 2.18. The predicted octanol–water partition coefficient (Wildman–Crippen LogP) is 3.70. The standard InChI is InChI=1S/C22H28FN3O2/c1-4-16-5-9-18(10-6-16)21(15(2)3)26-20(27)14-25-22(28)24-13-17-7-11-19(23)12-8-17/h5-12,15,21H,4,13-14H2,1-3H3,(H,26,27)(H2,24,25,28). The summed E-state index contributed by atoms with van der Waals surface area (Å²) in [4.78, 5) is 24.1. The number of carbonyl (C=O) groups excluding carboxylic acids is 2. The molecule has 0 spiro atoms. The quantitative estimate of drug-likeness (QED) is 0.648. The van der Waals surface area contributed by atoms with Gasteiger partial charge in [0.25, 0.3) is 0 Å². The fraction of sp³-hybridized carbons (Fsp3) is 0.364. The number of amides is 3. The van der Waals surface area contributed by atoms with Gasteiger partial charge >= 0.3 is 6.03 Å². The maximum absolute atomic E-state index is 12.9. The van der Waals surface area contributed by atoms with Crippen LogP contribution in [-0.2, 0) is 17.8 Å². The number of hydrogen-bond acceptors (Lipinski definition) is 2. The van der Waals surface area contributed by atoms with Crippen LogP contribution < -0.4 is 16.0 Å². The summed E-state index contributed by atoms with van der Waals surface area (Å²) in [5, 5.41) is 8.17. The van der Waals surface area contributed by atoms with Crippen LogP contribution in [0.2, 0.25) is 0 Å². The summed E-state index contributed by atoms with van der Waals surface area (Å²) in [6.45, 7) is 6.32. The normalized spacial score (nSPS) is 11.8. The van der Waals surface area contributed by atoms with Gasteiger partial charge in [0.1, 0.15) is 5.82 Å². The lowest BCUT2D eigenvalue weighted by atomic mass is 9.95. The zero-order valence-corrected chi connectivity index (χ0v) is 16.6. The SMILES string of the molecule is CCc1ccc(C(NC(=O)CNC(=O)NCc2ccc(F)cc2)C(C)C)cc1. The van der Waals surface area contributed by atoms with E-state index in [-0.39, 0.29) is 36.8 Å². The molecule has 0 radical (unpaired) electrons. The Labute approximate surface area is 165 Å². The molecule has 0 fully saturated rings. The molecule has 0 bridgehead atoms. The predicted molar refractivity (Wildman–Crippen MR) is 108 cm³/mol. The highest BCUT2D eigenvalue weighted by Crippen LogP contribution is 2.22. The third-order valence-electron chi connectivity index (χ3n) is 4.51. The number of aryl methyl sites for hydroxylation is 1. The lowest BCUT2D eigenvalue weighted by Gasteiger charge is -2.23. The highest BCUT2D eigenvalue weighted by molar-refractivity contribution is 5.84. The lowest BCUT2D eigenvalue weighted by molar-refractivity contribution is -0.121. The van der Waals surface area contributed by atoms with E-state index in [9.17, 15) is 14.0 Å². The van der Waals surface area contributed by atoms with Crippen LogP contribution in [0.5, 0.6) is 0 Å². The van der Waals surface area contributed by atoms with Gasteiger partial charge < -0.3 is 16.0 Å². The van der Waals surface area contributed by atoms with Crippen molar-refractivity contribution < 1.29 is 14.0 Å². The van der Waals surface area contributed by atoms with Crippen molar-refractivity contribution in [3.05, 3.63) is 71.0 Å². The highest BCUT2D eigenvalue weighted by atomic mass is 19.1. The summed E-state index contributed by atoms with van der Waals surface area (Å²) in [6, 6.07) is 13.5. The molecule has 0 saturated carbocycles. The molecule has 1 unspecified atom stereocenters. The molecule has 0 aliphatic heterocycles. The fourth-order valence-electron chi connectivity index (χ4n) is 2.83. The van der Waals surface area contributed by atoms with Crippen LogP contribution in [0.15, 0.2) is 48.5 Å². The first-order chi connectivity index (χ1) is 13.4. The van der Waals surface area contributed by atoms with E-state index in [0.717, 1.165) is 17.5 Å². The number of urea groups is 1. The molecule has 2 aromatic rings. The van der Waals surface area contributed by atoms with E-state index < -0.39 is 6.03 Å². The molecule has 0 heterocycles. The van der Waals surface area contributed by atoms with Gasteiger partial charge in [-0.1, -0.05) is 57.2 Å². The molecule has 150 valence electrons. The van der Waals surface area contributed by atoms with Gasteiger partial charge in [0.05, 0.1) is 12.6 Å². The van der Waals surface area contributed by atoms with E-state index in [1.54, 1.807) is 12.1 Å². The number of carbonyl (C=O) groups is 2. The van der Waals surface area contributed by atoms with Gasteiger partial charge in [0, 0.05) is 6.54 Å². The number of hydrogen-bond donors (Lipinski definition) is 3. The van der Waals surface area contributed by atoms with Gasteiger partial charge in [-0.25, -0.2) is 9.18 Å². The molecular weight excluding hydrogens is 357 g/mol. The van der Waals surface area contributed by atoms with Crippen LogP contribution in [0.4, 0.5) is 9.18 Å². The van der Waals surface area contributed by atoms with Gasteiger partial charge in [0.2, 0.25) is 5.91 Å². The van der Waals surface area contributed by atoms with E-state index in [4.69, 9.17) is 0 Å². The molecule has 1 atom stereocenters. The van der Waals surface area contributed by atoms with E-state index in [0.29, 0.717) is 0 Å². The first kappa shape index (κ1) is 21.4. The third kappa shape index (κ3) is 6.68. The Kier molecular flexibility index (Phi) is 7.99. The summed E-state index contributed by atoms with van der Waals surface area (Å²) in [6.07, 6.45) is 0.968. The van der Waals surface area contributed by atoms with Crippen molar-refractivity contribution in [1.29, 1.82) is 0 Å². The minimum atomic E-state index is -0.451. The molecule has 0 saturated heterocycles. The number of nitrogens with one attached hydrogen (secondary N) is 3. The topological polar surface area (TPSA) is 70.2 Å². The van der Waals surface area contributed by atoms with Crippen molar-refractivity contribution in [1.82, 2.24) is 16.0 Å². The van der Waals surface area contributed by atoms with E-state index >= 15 is 0 Å². The molecule has 3 N–H and O–H groups in total. The molecule has 0 aliphatic carbocycles. The van der Waals surface area contributed by atoms with Crippen molar-refractivity contribution in [2.75, 3.05) is 6.54 Å². The molecule has 5 nitrogen and oxygen atoms in total. The molecule has 6 heteroatoms. The van der Waals surface area contributed by atoms with Crippen molar-refractivity contribution >= 4 is 11.9 Å². The minimum absolute atomic E-state index is 0.120. The summed E-state index contributed by atoms with van der Waals surface area (Å²) < 4.78 is 12.9. The second-order valence-corrected chi connectivity index (χ2v) is 7.05. The molecule has 0 aromatic heterocycles. The Balaban J connectivity index is 1.81. The van der Waals surface area contributed by atoms with Crippen LogP contribution in [0, 0.1) is 11.7 Å². The van der Waals surface area contributed by atoms with Crippen LogP contribution in [0.3, 0.4) is 0 Å². The van der Waals surface area contributed by atoms with Gasteiger partial charge in [-0.15, -0.1) is 0 Å². The van der Waals surface area contributed by atoms with E-state index in [1.165, 1.54) is 17.7 Å². The van der Waals surface area contributed by atoms with Crippen LogP contribution in [-0.4, -0.2) is 18.5 Å². The Morgan fingerprint density at radius 1 is 0.929 bits per heavy atom. The Hall–Kier alpha value is -2.89. The second kappa shape index (κ2) is 10.4. The fourth-order valence-corrected chi connectivity index (χ4v) is 2.83. The van der Waals surface area contributed by atoms with Gasteiger partial charge in [-0.3, -0.25) is 4.79 Å². The van der Waals surface area contributed by atoms with Crippen molar-refractivity contribution in [2.24, 2.45) is 5.92 Å². The molecule has 0 aliphatic rings. The summed E-state index contributed by atoms with van der Waals surface area (Å²) in [5.74, 6) is -0.368. The molecule has 28 heavy (non-hydrogen) atoms. The molecule has 2 rings (SSSR count). The molecular formula is C22H28FN3O2. The Bertz CT molecular complexity index is 773. The maximum atomic E-state index is 12.9. The first-order valence-corrected chi connectivity index (χ1v) is 9.53. The smallest absolute Gasteiger partial charge is 0.315 e.